The van der Waals surface area contributed by atoms with E-state index in [2.05, 4.69) is 27.7 Å². The van der Waals surface area contributed by atoms with Gasteiger partial charge in [0.05, 0.1) is 10.8 Å². The highest BCUT2D eigenvalue weighted by Gasteiger charge is 2.75. The van der Waals surface area contributed by atoms with Gasteiger partial charge in [-0.2, -0.15) is 0 Å². The summed E-state index contributed by atoms with van der Waals surface area (Å²) in [6, 6.07) is 19.8. The van der Waals surface area contributed by atoms with E-state index in [9.17, 15) is 14.4 Å². The van der Waals surface area contributed by atoms with Crippen molar-refractivity contribution < 1.29 is 23.9 Å². The monoisotopic (exact) mass is 612 g/mol. The predicted molar refractivity (Wildman–Crippen MR) is 175 cm³/mol. The van der Waals surface area contributed by atoms with Crippen molar-refractivity contribution in [1.82, 2.24) is 0 Å². The Bertz CT molecular complexity index is 1400. The Kier molecular flexibility index (Phi) is 8.54. The van der Waals surface area contributed by atoms with E-state index in [1.54, 1.807) is 0 Å². The molecule has 5 nitrogen and oxygen atoms in total. The summed E-state index contributed by atoms with van der Waals surface area (Å²) in [6.45, 7) is 11.6. The molecule has 4 saturated carbocycles. The highest BCUT2D eigenvalue weighted by Crippen LogP contribution is 2.75. The van der Waals surface area contributed by atoms with Gasteiger partial charge in [0.2, 0.25) is 0 Å². The molecular formula is C40H52O5. The second-order valence-corrected chi connectivity index (χ2v) is 16.0. The molecule has 8 atom stereocenters. The van der Waals surface area contributed by atoms with Crippen molar-refractivity contribution in [2.24, 2.45) is 51.2 Å². The Morgan fingerprint density at radius 1 is 0.711 bits per heavy atom. The van der Waals surface area contributed by atoms with Crippen molar-refractivity contribution in [1.29, 1.82) is 0 Å². The van der Waals surface area contributed by atoms with Gasteiger partial charge in [-0.3, -0.25) is 14.4 Å². The minimum Gasteiger partial charge on any atom is -0.460 e. The van der Waals surface area contributed by atoms with Crippen molar-refractivity contribution in [3.05, 3.63) is 71.8 Å². The van der Waals surface area contributed by atoms with Crippen LogP contribution in [0.25, 0.3) is 0 Å². The minimum absolute atomic E-state index is 0.00958. The topological polar surface area (TPSA) is 69.7 Å². The van der Waals surface area contributed by atoms with Gasteiger partial charge in [0, 0.05) is 12.3 Å². The second kappa shape index (κ2) is 12.0. The van der Waals surface area contributed by atoms with Gasteiger partial charge >= 0.3 is 11.9 Å². The molecule has 5 heteroatoms. The largest absolute Gasteiger partial charge is 0.460 e. The fourth-order valence-corrected chi connectivity index (χ4v) is 11.1. The number of Topliss-reactive ketones (excluding diaryl/α,β-unsaturated/α-hetero) is 1. The number of esters is 2. The van der Waals surface area contributed by atoms with Crippen LogP contribution < -0.4 is 0 Å². The predicted octanol–water partition coefficient (Wildman–Crippen LogP) is 8.73. The van der Waals surface area contributed by atoms with Crippen LogP contribution in [0.3, 0.4) is 0 Å². The minimum atomic E-state index is -0.840. The molecule has 0 N–H and O–H groups in total. The number of carbonyl (C=O) groups excluding carboxylic acids is 3. The van der Waals surface area contributed by atoms with E-state index in [0.29, 0.717) is 18.6 Å². The lowest BCUT2D eigenvalue weighted by Crippen LogP contribution is -2.68. The highest BCUT2D eigenvalue weighted by molar-refractivity contribution is 5.85. The molecule has 0 heterocycles. The lowest BCUT2D eigenvalue weighted by molar-refractivity contribution is -0.233. The fraction of sp³-hybridized carbons (Fsp3) is 0.625. The quantitative estimate of drug-likeness (QED) is 0.279. The lowest BCUT2D eigenvalue weighted by Gasteiger charge is -2.67. The summed E-state index contributed by atoms with van der Waals surface area (Å²) in [7, 11) is 0. The molecule has 5 unspecified atom stereocenters. The number of fused-ring (bicyclic) bond motifs is 5. The summed E-state index contributed by atoms with van der Waals surface area (Å²) in [5.74, 6) is 0.0396. The lowest BCUT2D eigenvalue weighted by atomic mass is 9.35. The Labute approximate surface area is 269 Å². The van der Waals surface area contributed by atoms with E-state index >= 15 is 0 Å². The van der Waals surface area contributed by atoms with Gasteiger partial charge in [-0.25, -0.2) is 0 Å². The van der Waals surface area contributed by atoms with E-state index in [1.807, 2.05) is 67.6 Å². The maximum absolute atomic E-state index is 15.0. The molecule has 0 amide bonds. The molecule has 4 aliphatic rings. The molecule has 6 rings (SSSR count). The van der Waals surface area contributed by atoms with Gasteiger partial charge in [-0.1, -0.05) is 95.3 Å². The summed E-state index contributed by atoms with van der Waals surface area (Å²) >= 11 is 0. The van der Waals surface area contributed by atoms with Crippen LogP contribution in [0, 0.1) is 51.2 Å². The smallest absolute Gasteiger partial charge is 0.313 e. The highest BCUT2D eigenvalue weighted by atomic mass is 16.5. The van der Waals surface area contributed by atoms with Crippen LogP contribution in [-0.4, -0.2) is 17.7 Å². The first-order valence-electron chi connectivity index (χ1n) is 17.4. The van der Waals surface area contributed by atoms with Gasteiger partial charge in [0.1, 0.15) is 19.0 Å². The van der Waals surface area contributed by atoms with Crippen LogP contribution in [0.4, 0.5) is 0 Å². The van der Waals surface area contributed by atoms with Crippen LogP contribution in [0.1, 0.15) is 104 Å². The molecule has 0 bridgehead atoms. The van der Waals surface area contributed by atoms with Crippen molar-refractivity contribution in [3.8, 4) is 0 Å². The average molecular weight is 613 g/mol. The first-order chi connectivity index (χ1) is 21.5. The summed E-state index contributed by atoms with van der Waals surface area (Å²) in [4.78, 5) is 43.2. The summed E-state index contributed by atoms with van der Waals surface area (Å²) in [5.41, 5.74) is 0.160. The number of benzene rings is 2. The molecule has 0 aliphatic heterocycles. The molecule has 4 fully saturated rings. The zero-order valence-corrected chi connectivity index (χ0v) is 28.0. The Balaban J connectivity index is 1.45. The Hall–Kier alpha value is -2.95. The van der Waals surface area contributed by atoms with Crippen molar-refractivity contribution in [3.63, 3.8) is 0 Å². The molecule has 0 spiro atoms. The van der Waals surface area contributed by atoms with E-state index < -0.39 is 10.8 Å². The average Bonchev–Trinajstić information content (AvgIpc) is 3.40. The third-order valence-corrected chi connectivity index (χ3v) is 13.1. The summed E-state index contributed by atoms with van der Waals surface area (Å²) in [6.07, 6.45) is 7.03. The molecular weight excluding hydrogens is 560 g/mol. The zero-order valence-electron chi connectivity index (χ0n) is 28.0. The molecule has 0 radical (unpaired) electrons. The third-order valence-electron chi connectivity index (χ3n) is 13.1. The van der Waals surface area contributed by atoms with Crippen LogP contribution in [0.15, 0.2) is 60.7 Å². The molecule has 4 aliphatic carbocycles. The maximum atomic E-state index is 15.0. The first kappa shape index (κ1) is 32.0. The number of hydrogen-bond acceptors (Lipinski definition) is 5. The van der Waals surface area contributed by atoms with E-state index in [-0.39, 0.29) is 65.6 Å². The number of ketones is 1. The number of ether oxygens (including phenoxy) is 2. The standard InChI is InChI=1S/C40H52O5/c1-6-32(41)30-17-18-33-38(30,5)20-19-34-39(35(42)44-25-28-13-9-7-10-14-28)22-21-37(3,4)24-31(39)27(2)23-40(33,34)36(43)45-26-29-15-11-8-12-16-29/h7-16,27,30-31,33-34H,6,17-26H2,1-5H3/t27-,30-,31?,33?,34?,38-,39?,40?/m1/s1. The van der Waals surface area contributed by atoms with Crippen LogP contribution in [0.2, 0.25) is 0 Å². The molecule has 2 aromatic rings. The van der Waals surface area contributed by atoms with Gasteiger partial charge < -0.3 is 9.47 Å². The van der Waals surface area contributed by atoms with Gasteiger partial charge in [-0.05, 0) is 97.0 Å². The van der Waals surface area contributed by atoms with Gasteiger partial charge in [0.25, 0.3) is 0 Å². The van der Waals surface area contributed by atoms with E-state index in [0.717, 1.165) is 56.1 Å². The second-order valence-electron chi connectivity index (χ2n) is 16.0. The molecule has 242 valence electrons. The van der Waals surface area contributed by atoms with Crippen molar-refractivity contribution in [2.75, 3.05) is 0 Å². The summed E-state index contributed by atoms with van der Waals surface area (Å²) < 4.78 is 12.7. The molecule has 0 saturated heterocycles. The van der Waals surface area contributed by atoms with E-state index in [1.165, 1.54) is 0 Å². The van der Waals surface area contributed by atoms with Gasteiger partial charge in [-0.15, -0.1) is 0 Å². The van der Waals surface area contributed by atoms with Crippen molar-refractivity contribution in [2.45, 2.75) is 106 Å². The van der Waals surface area contributed by atoms with Crippen molar-refractivity contribution >= 4 is 17.7 Å². The van der Waals surface area contributed by atoms with Crippen LogP contribution in [-0.2, 0) is 37.1 Å². The maximum Gasteiger partial charge on any atom is 0.313 e. The zero-order chi connectivity index (χ0) is 32.0. The molecule has 2 aromatic carbocycles. The number of carbonyl (C=O) groups is 3. The molecule has 45 heavy (non-hydrogen) atoms. The summed E-state index contributed by atoms with van der Waals surface area (Å²) in [5, 5.41) is 0. The third kappa shape index (κ3) is 5.26. The van der Waals surface area contributed by atoms with Crippen LogP contribution in [0.5, 0.6) is 0 Å². The Morgan fingerprint density at radius 2 is 1.29 bits per heavy atom. The van der Waals surface area contributed by atoms with Gasteiger partial charge in [0.15, 0.2) is 0 Å². The molecule has 0 aromatic heterocycles. The number of rotatable bonds is 8. The van der Waals surface area contributed by atoms with E-state index in [4.69, 9.17) is 9.47 Å². The van der Waals surface area contributed by atoms with Crippen LogP contribution >= 0.6 is 0 Å². The number of hydrogen-bond donors (Lipinski definition) is 0. The SMILES string of the molecule is CCC(=O)[C@H]1CCC2C3(C(=O)OCc4ccccc4)C[C@@H](C)C4CC(C)(C)CCC4(C(=O)OCc4ccccc4)C3CC[C@@]21C. The fourth-order valence-electron chi connectivity index (χ4n) is 11.1. The Morgan fingerprint density at radius 3 is 1.87 bits per heavy atom. The normalized spacial score (nSPS) is 36.6. The first-order valence-corrected chi connectivity index (χ1v) is 17.4.